The Morgan fingerprint density at radius 2 is 2.17 bits per heavy atom. The summed E-state index contributed by atoms with van der Waals surface area (Å²) in [4.78, 5) is 36.2. The van der Waals surface area contributed by atoms with E-state index in [0.717, 1.165) is 4.57 Å². The fourth-order valence-corrected chi connectivity index (χ4v) is 1.86. The van der Waals surface area contributed by atoms with E-state index in [0.29, 0.717) is 6.20 Å². The van der Waals surface area contributed by atoms with Gasteiger partial charge in [-0.2, -0.15) is 4.39 Å². The van der Waals surface area contributed by atoms with Crippen LogP contribution in [-0.4, -0.2) is 27.2 Å². The maximum absolute atomic E-state index is 13.2. The molecule has 0 bridgehead atoms. The molecule has 1 aromatic carbocycles. The number of benzene rings is 1. The highest BCUT2D eigenvalue weighted by Gasteiger charge is 2.13. The summed E-state index contributed by atoms with van der Waals surface area (Å²) in [5, 5.41) is 12.2. The first-order valence-corrected chi connectivity index (χ1v) is 6.66. The summed E-state index contributed by atoms with van der Waals surface area (Å²) < 4.78 is 19.1. The summed E-state index contributed by atoms with van der Waals surface area (Å²) in [7, 11) is 0. The minimum Gasteiger partial charge on any atom is -0.504 e. The van der Waals surface area contributed by atoms with Crippen LogP contribution >= 0.6 is 0 Å². The van der Waals surface area contributed by atoms with E-state index in [4.69, 9.17) is 4.74 Å². The van der Waals surface area contributed by atoms with Crippen LogP contribution in [0.4, 0.5) is 10.1 Å². The maximum atomic E-state index is 13.2. The van der Waals surface area contributed by atoms with E-state index in [1.165, 1.54) is 18.2 Å². The fraction of sp³-hybridized carbons (Fsp3) is 0.214. The van der Waals surface area contributed by atoms with Crippen molar-refractivity contribution in [3.05, 3.63) is 51.1 Å². The van der Waals surface area contributed by atoms with Crippen LogP contribution in [0.1, 0.15) is 6.92 Å². The summed E-state index contributed by atoms with van der Waals surface area (Å²) >= 11 is 0. The van der Waals surface area contributed by atoms with Crippen LogP contribution in [0.25, 0.3) is 0 Å². The molecule has 3 N–H and O–H groups in total. The summed E-state index contributed by atoms with van der Waals surface area (Å²) in [5.41, 5.74) is -1.86. The van der Waals surface area contributed by atoms with E-state index >= 15 is 0 Å². The second-order valence-electron chi connectivity index (χ2n) is 4.50. The topological polar surface area (TPSA) is 113 Å². The maximum Gasteiger partial charge on any atom is 0.328 e. The molecule has 0 aliphatic carbocycles. The number of hydrogen-bond acceptors (Lipinski definition) is 5. The third kappa shape index (κ3) is 3.76. The molecule has 1 aromatic heterocycles. The van der Waals surface area contributed by atoms with E-state index in [9.17, 15) is 23.9 Å². The zero-order valence-corrected chi connectivity index (χ0v) is 12.1. The largest absolute Gasteiger partial charge is 0.504 e. The van der Waals surface area contributed by atoms with E-state index in [1.807, 2.05) is 0 Å². The number of ether oxygens (including phenoxy) is 1. The lowest BCUT2D eigenvalue weighted by Gasteiger charge is -2.13. The van der Waals surface area contributed by atoms with Gasteiger partial charge in [0.25, 0.3) is 5.56 Å². The molecule has 0 atom stereocenters. The molecule has 122 valence electrons. The molecule has 0 spiro atoms. The van der Waals surface area contributed by atoms with Crippen molar-refractivity contribution in [2.24, 2.45) is 0 Å². The second kappa shape index (κ2) is 6.77. The zero-order valence-electron chi connectivity index (χ0n) is 12.1. The van der Waals surface area contributed by atoms with Crippen LogP contribution in [0.3, 0.4) is 0 Å². The lowest BCUT2D eigenvalue weighted by Crippen LogP contribution is -2.34. The molecule has 2 rings (SSSR count). The summed E-state index contributed by atoms with van der Waals surface area (Å²) in [6.45, 7) is 1.46. The highest BCUT2D eigenvalue weighted by molar-refractivity contribution is 5.92. The van der Waals surface area contributed by atoms with Crippen molar-refractivity contribution in [1.29, 1.82) is 0 Å². The first-order valence-electron chi connectivity index (χ1n) is 6.66. The second-order valence-corrected chi connectivity index (χ2v) is 4.50. The predicted octanol–water partition coefficient (Wildman–Crippen LogP) is 0.419. The quantitative estimate of drug-likeness (QED) is 0.738. The van der Waals surface area contributed by atoms with Crippen LogP contribution in [0, 0.1) is 5.82 Å². The van der Waals surface area contributed by atoms with Gasteiger partial charge in [-0.3, -0.25) is 19.1 Å². The van der Waals surface area contributed by atoms with Crippen LogP contribution < -0.4 is 21.3 Å². The van der Waals surface area contributed by atoms with E-state index in [1.54, 1.807) is 11.9 Å². The molecule has 0 fully saturated rings. The Labute approximate surface area is 129 Å². The smallest absolute Gasteiger partial charge is 0.328 e. The number of para-hydroxylation sites is 1. The number of rotatable bonds is 5. The number of anilines is 1. The van der Waals surface area contributed by atoms with Crippen molar-refractivity contribution in [2.75, 3.05) is 11.9 Å². The number of carbonyl (C=O) groups is 1. The number of aromatic hydroxyl groups is 1. The molecule has 0 aliphatic heterocycles. The van der Waals surface area contributed by atoms with Crippen molar-refractivity contribution in [1.82, 2.24) is 9.55 Å². The Kier molecular flexibility index (Phi) is 4.79. The van der Waals surface area contributed by atoms with Gasteiger partial charge in [0.1, 0.15) is 6.54 Å². The Morgan fingerprint density at radius 1 is 1.43 bits per heavy atom. The number of aromatic amines is 1. The number of nitrogens with zero attached hydrogens (tertiary/aromatic N) is 1. The molecule has 9 heteroatoms. The van der Waals surface area contributed by atoms with Gasteiger partial charge in [-0.1, -0.05) is 6.07 Å². The van der Waals surface area contributed by atoms with E-state index in [-0.39, 0.29) is 23.8 Å². The van der Waals surface area contributed by atoms with Crippen LogP contribution in [0.2, 0.25) is 0 Å². The predicted molar refractivity (Wildman–Crippen MR) is 79.2 cm³/mol. The first kappa shape index (κ1) is 16.3. The Balaban J connectivity index is 2.21. The third-order valence-corrected chi connectivity index (χ3v) is 2.84. The number of halogens is 1. The average Bonchev–Trinajstić information content (AvgIpc) is 2.48. The van der Waals surface area contributed by atoms with Gasteiger partial charge in [0.05, 0.1) is 18.5 Å². The third-order valence-electron chi connectivity index (χ3n) is 2.84. The number of hydrogen-bond donors (Lipinski definition) is 3. The van der Waals surface area contributed by atoms with Gasteiger partial charge >= 0.3 is 5.69 Å². The zero-order chi connectivity index (χ0) is 17.0. The molecular formula is C14H14FN3O5. The number of nitrogens with one attached hydrogen (secondary N) is 2. The fourth-order valence-electron chi connectivity index (χ4n) is 1.86. The van der Waals surface area contributed by atoms with Crippen molar-refractivity contribution < 1.29 is 19.0 Å². The standard InChI is InChI=1S/C14H14FN3O5/c1-2-23-12-9(4-3-5-10(12)19)16-11(20)7-18-6-8(15)13(21)17-14(18)22/h3-6,19H,2,7H2,1H3,(H,16,20)(H,17,21,22). The first-order chi connectivity index (χ1) is 10.9. The molecule has 0 aliphatic rings. The van der Waals surface area contributed by atoms with Crippen molar-refractivity contribution >= 4 is 11.6 Å². The summed E-state index contributed by atoms with van der Waals surface area (Å²) in [6, 6.07) is 4.39. The minimum absolute atomic E-state index is 0.0864. The van der Waals surface area contributed by atoms with Crippen molar-refractivity contribution in [3.8, 4) is 11.5 Å². The normalized spacial score (nSPS) is 10.3. The molecule has 1 heterocycles. The summed E-state index contributed by atoms with van der Waals surface area (Å²) in [5.74, 6) is -1.91. The highest BCUT2D eigenvalue weighted by atomic mass is 19.1. The molecular weight excluding hydrogens is 309 g/mol. The Hall–Kier alpha value is -3.10. The molecule has 0 saturated heterocycles. The highest BCUT2D eigenvalue weighted by Crippen LogP contribution is 2.34. The number of H-pyrrole nitrogens is 1. The summed E-state index contributed by atoms with van der Waals surface area (Å²) in [6.07, 6.45) is 0.646. The van der Waals surface area contributed by atoms with Gasteiger partial charge in [0.15, 0.2) is 11.5 Å². The molecule has 8 nitrogen and oxygen atoms in total. The molecule has 2 aromatic rings. The van der Waals surface area contributed by atoms with Gasteiger partial charge in [-0.05, 0) is 19.1 Å². The molecule has 0 saturated carbocycles. The lowest BCUT2D eigenvalue weighted by molar-refractivity contribution is -0.116. The SMILES string of the molecule is CCOc1c(O)cccc1NC(=O)Cn1cc(F)c(=O)[nH]c1=O. The van der Waals surface area contributed by atoms with Crippen molar-refractivity contribution in [3.63, 3.8) is 0 Å². The van der Waals surface area contributed by atoms with Gasteiger partial charge < -0.3 is 15.2 Å². The minimum atomic E-state index is -1.18. The number of amides is 1. The monoisotopic (exact) mass is 323 g/mol. The van der Waals surface area contributed by atoms with Crippen molar-refractivity contribution in [2.45, 2.75) is 13.5 Å². The van der Waals surface area contributed by atoms with E-state index in [2.05, 4.69) is 5.32 Å². The molecule has 1 amide bonds. The van der Waals surface area contributed by atoms with Crippen LogP contribution in [-0.2, 0) is 11.3 Å². The van der Waals surface area contributed by atoms with Gasteiger partial charge in [0, 0.05) is 0 Å². The average molecular weight is 323 g/mol. The molecule has 0 unspecified atom stereocenters. The number of phenols is 1. The van der Waals surface area contributed by atoms with Gasteiger partial charge in [-0.25, -0.2) is 4.79 Å². The van der Waals surface area contributed by atoms with Crippen LogP contribution in [0.15, 0.2) is 34.0 Å². The van der Waals surface area contributed by atoms with E-state index < -0.39 is 29.5 Å². The van der Waals surface area contributed by atoms with Crippen LogP contribution in [0.5, 0.6) is 11.5 Å². The number of phenolic OH excluding ortho intramolecular Hbond substituents is 1. The Morgan fingerprint density at radius 3 is 2.87 bits per heavy atom. The lowest BCUT2D eigenvalue weighted by atomic mass is 10.2. The van der Waals surface area contributed by atoms with Gasteiger partial charge in [0.2, 0.25) is 11.7 Å². The number of aromatic nitrogens is 2. The Bertz CT molecular complexity index is 843. The molecule has 23 heavy (non-hydrogen) atoms. The molecule has 0 radical (unpaired) electrons. The van der Waals surface area contributed by atoms with Gasteiger partial charge in [-0.15, -0.1) is 0 Å². The number of carbonyl (C=O) groups excluding carboxylic acids is 1.